The number of hydrogen-bond donors (Lipinski definition) is 11. The topological polar surface area (TPSA) is 633 Å². The fourth-order valence-electron chi connectivity index (χ4n) is 12.2. The predicted molar refractivity (Wildman–Crippen MR) is 338 cm³/mol. The smallest absolute Gasteiger partial charge is 0.390 e. The van der Waals surface area contributed by atoms with E-state index in [1.54, 1.807) is 6.07 Å². The largest absolute Gasteiger partial charge is 0.472 e. The molecule has 19 atom stereocenters. The second-order valence-electron chi connectivity index (χ2n) is 23.8. The summed E-state index contributed by atoms with van der Waals surface area (Å²) in [7, 11) is -21.5. The van der Waals surface area contributed by atoms with Gasteiger partial charge in [0.2, 0.25) is 5.95 Å². The van der Waals surface area contributed by atoms with E-state index in [2.05, 4.69) is 39.9 Å². The number of nitro benzene ring substituents is 1. The highest BCUT2D eigenvalue weighted by Gasteiger charge is 2.49. The Hall–Kier alpha value is -7.82. The van der Waals surface area contributed by atoms with Gasteiger partial charge in [0.15, 0.2) is 22.6 Å². The zero-order valence-corrected chi connectivity index (χ0v) is 56.1. The second kappa shape index (κ2) is 28.7. The summed E-state index contributed by atoms with van der Waals surface area (Å²) in [5.41, 5.74) is 13.9. The van der Waals surface area contributed by atoms with Gasteiger partial charge in [0.25, 0.3) is 16.8 Å². The number of para-hydroxylation sites is 1. The first-order chi connectivity index (χ1) is 48.3. The lowest BCUT2D eigenvalue weighted by Gasteiger charge is -2.25. The standard InChI is InChI=1S/C52H63N17O29P4/c1-23-14-66(52(75)63-48(23)72)40-12-29(97-100(80,81)89-16-32-27(71)10-38(92-32)68-22-59-43-47(68)61-50(55)62-49(43)73)35(94-40)19-90-102(84,85)96-28-11-39(64-7-5-24-3-2-4-25(44(24)64)69(76)77)93-33(28)17-86-99(78,79)87-18-34-30(13-41(95-34)67-21-58-42-45(54)56-20-57-46(42)67)98-101(82,83)88-15-31-26(70)9-37(91-31)65-8-6-36(53)60-51(65)74/h2-8,14,20-22,26-35,37-41,70-71H,9-13,15-19H2,1H3,(H,78,79)(H,80,81)(H,82,83)(H,84,85)(H2,53,60,74)(H2,54,56,57)(H,63,72,75)(H3,55,61,62,73)/t26-,27-,28-,29-,30-,31+,32+,33+,34+,35+,37+,38+,39+,40+,41+/m0/s1. The summed E-state index contributed by atoms with van der Waals surface area (Å²) < 4.78 is 135. The number of nitrogens with two attached hydrogens (primary N) is 3. The van der Waals surface area contributed by atoms with Crippen molar-refractivity contribution in [3.63, 3.8) is 0 Å². The number of anilines is 3. The number of phosphoric acid groups is 4. The molecule has 0 spiro atoms. The van der Waals surface area contributed by atoms with Gasteiger partial charge in [-0.3, -0.25) is 84.1 Å². The molecule has 5 aliphatic heterocycles. The fourth-order valence-corrected chi connectivity index (χ4v) is 15.8. The van der Waals surface area contributed by atoms with Gasteiger partial charge in [-0.05, 0) is 19.1 Å². The van der Waals surface area contributed by atoms with Gasteiger partial charge in [-0.25, -0.2) is 47.8 Å². The molecule has 14 N–H and O–H groups in total. The van der Waals surface area contributed by atoms with Gasteiger partial charge in [0, 0.05) is 67.7 Å². The number of aliphatic hydroxyl groups is 2. The van der Waals surface area contributed by atoms with E-state index in [4.69, 9.17) is 77.1 Å². The van der Waals surface area contributed by atoms with Gasteiger partial charge in [-0.15, -0.1) is 0 Å². The van der Waals surface area contributed by atoms with E-state index in [1.165, 1.54) is 69.9 Å². The van der Waals surface area contributed by atoms with Crippen molar-refractivity contribution in [1.29, 1.82) is 0 Å². The number of nitrogens with one attached hydrogen (secondary N) is 2. The van der Waals surface area contributed by atoms with Crippen molar-refractivity contribution in [3.05, 3.63) is 125 Å². The number of ether oxygens (including phenoxy) is 5. The lowest BCUT2D eigenvalue weighted by atomic mass is 10.2. The first kappa shape index (κ1) is 72.5. The normalized spacial score (nSPS) is 29.2. The zero-order valence-electron chi connectivity index (χ0n) is 52.5. The number of phosphoric ester groups is 4. The van der Waals surface area contributed by atoms with Crippen LogP contribution < -0.4 is 39.7 Å². The average molecular weight is 1510 g/mol. The van der Waals surface area contributed by atoms with Crippen LogP contribution in [0.5, 0.6) is 0 Å². The van der Waals surface area contributed by atoms with E-state index in [-0.39, 0.29) is 70.3 Å². The number of H-pyrrole nitrogens is 2. The molecule has 1 aromatic carbocycles. The number of nitrogens with zero attached hydrogens (tertiary/aromatic N) is 12. The molecular weight excluding hydrogens is 1450 g/mol. The molecule has 0 saturated carbocycles. The summed E-state index contributed by atoms with van der Waals surface area (Å²) in [4.78, 5) is 136. The van der Waals surface area contributed by atoms with Crippen molar-refractivity contribution in [2.24, 2.45) is 0 Å². The Morgan fingerprint density at radius 3 is 1.61 bits per heavy atom. The highest BCUT2D eigenvalue weighted by atomic mass is 31.2. The van der Waals surface area contributed by atoms with Gasteiger partial charge in [0.1, 0.15) is 103 Å². The van der Waals surface area contributed by atoms with E-state index in [1.807, 2.05) is 0 Å². The van der Waals surface area contributed by atoms with E-state index in [0.29, 0.717) is 5.39 Å². The first-order valence-electron chi connectivity index (χ1n) is 30.6. The number of fused-ring (bicyclic) bond motifs is 3. The van der Waals surface area contributed by atoms with E-state index in [0.717, 1.165) is 21.7 Å². The van der Waals surface area contributed by atoms with Gasteiger partial charge in [-0.1, -0.05) is 12.1 Å². The van der Waals surface area contributed by atoms with Crippen molar-refractivity contribution >= 4 is 87.8 Å². The number of aryl methyl sites for hydroxylation is 1. The van der Waals surface area contributed by atoms with Crippen LogP contribution in [0.15, 0.2) is 87.1 Å². The quantitative estimate of drug-likeness (QED) is 0.0186. The number of aliphatic hydroxyl groups excluding tert-OH is 2. The number of hydrogen-bond acceptors (Lipinski definition) is 34. The van der Waals surface area contributed by atoms with Crippen LogP contribution >= 0.6 is 31.3 Å². The molecule has 0 amide bonds. The van der Waals surface area contributed by atoms with Crippen LogP contribution in [-0.4, -0.2) is 191 Å². The van der Waals surface area contributed by atoms with Crippen LogP contribution in [0.2, 0.25) is 0 Å². The first-order valence-corrected chi connectivity index (χ1v) is 36.6. The van der Waals surface area contributed by atoms with Crippen molar-refractivity contribution < 1.29 is 113 Å². The molecule has 5 aliphatic rings. The molecule has 4 unspecified atom stereocenters. The number of aromatic nitrogens is 13. The third kappa shape index (κ3) is 15.7. The summed E-state index contributed by atoms with van der Waals surface area (Å²) in [5.74, 6) is -0.337. The van der Waals surface area contributed by atoms with Gasteiger partial charge in [-0.2, -0.15) is 9.97 Å². The Labute approximate surface area is 568 Å². The molecule has 550 valence electrons. The molecule has 102 heavy (non-hydrogen) atoms. The molecule has 0 bridgehead atoms. The van der Waals surface area contributed by atoms with Crippen molar-refractivity contribution in [2.75, 3.05) is 50.2 Å². The summed E-state index contributed by atoms with van der Waals surface area (Å²) in [6, 6.07) is 6.99. The Bertz CT molecular complexity index is 4960. The summed E-state index contributed by atoms with van der Waals surface area (Å²) in [5, 5.41) is 34.4. The minimum Gasteiger partial charge on any atom is -0.390 e. The molecular formula is C52H63N17O29P4. The molecule has 8 aromatic rings. The summed E-state index contributed by atoms with van der Waals surface area (Å²) in [6.07, 6.45) is -15.4. The number of non-ortho nitro benzene ring substituents is 1. The SMILES string of the molecule is Cc1cn([C@H]2C[C@H](OP(=O)(O)OC[C@H]3O[C@@H](n4cnc5c(=O)[nH]c(N)nc54)C[C@@H]3O)[C@@H](COP(=O)(O)O[C@H]3C[C@H](n4ccc5cccc([N+](=O)[O-])c54)O[C@@H]3COP(=O)(O)OC[C@H]3O[C@@H](n4cnc5c(N)ncnc54)C[C@@H]3OP(=O)(O)OC[C@H]3O[C@@H](n4ccc(N)nc4=O)C[C@@H]3O)O2)c(=O)[nH]c1=O. The van der Waals surface area contributed by atoms with Crippen LogP contribution in [0.3, 0.4) is 0 Å². The van der Waals surface area contributed by atoms with E-state index in [9.17, 15) is 77.3 Å². The number of benzene rings is 1. The Morgan fingerprint density at radius 1 is 0.569 bits per heavy atom. The van der Waals surface area contributed by atoms with Crippen molar-refractivity contribution in [2.45, 2.75) is 131 Å². The highest BCUT2D eigenvalue weighted by molar-refractivity contribution is 7.48. The molecule has 7 aromatic heterocycles. The maximum Gasteiger partial charge on any atom is 0.472 e. The maximum absolute atomic E-state index is 14.3. The lowest BCUT2D eigenvalue weighted by molar-refractivity contribution is -0.383. The van der Waals surface area contributed by atoms with Gasteiger partial charge >= 0.3 is 42.7 Å². The van der Waals surface area contributed by atoms with Crippen LogP contribution in [0.25, 0.3) is 33.2 Å². The Balaban J connectivity index is 0.696. The maximum atomic E-state index is 14.3. The molecule has 5 fully saturated rings. The van der Waals surface area contributed by atoms with E-state index >= 15 is 0 Å². The molecule has 0 aliphatic carbocycles. The highest BCUT2D eigenvalue weighted by Crippen LogP contribution is 2.55. The summed E-state index contributed by atoms with van der Waals surface area (Å²) >= 11 is 0. The minimum absolute atomic E-state index is 0.00515. The molecule has 46 nitrogen and oxygen atoms in total. The fraction of sp³-hybridized carbons (Fsp3) is 0.500. The van der Waals surface area contributed by atoms with E-state index < -0.39 is 202 Å². The van der Waals surface area contributed by atoms with Gasteiger partial charge in [0.05, 0.1) is 62.8 Å². The molecule has 50 heteroatoms. The van der Waals surface area contributed by atoms with Crippen molar-refractivity contribution in [3.8, 4) is 0 Å². The zero-order chi connectivity index (χ0) is 72.5. The van der Waals surface area contributed by atoms with Gasteiger partial charge < -0.3 is 75.2 Å². The summed E-state index contributed by atoms with van der Waals surface area (Å²) in [6.45, 7) is -3.27. The Morgan fingerprint density at radius 2 is 1.05 bits per heavy atom. The van der Waals surface area contributed by atoms with Crippen molar-refractivity contribution in [1.82, 2.24) is 62.7 Å². The van der Waals surface area contributed by atoms with Crippen LogP contribution in [0.1, 0.15) is 68.8 Å². The number of nitrogen functional groups attached to an aromatic ring is 3. The molecule has 12 heterocycles. The minimum atomic E-state index is -5.53. The predicted octanol–water partition coefficient (Wildman–Crippen LogP) is 0.184. The monoisotopic (exact) mass is 1510 g/mol. The second-order valence-corrected chi connectivity index (χ2v) is 29.5. The third-order valence-corrected chi connectivity index (χ3v) is 21.1. The van der Waals surface area contributed by atoms with Crippen LogP contribution in [0, 0.1) is 17.0 Å². The average Bonchev–Trinajstić information content (AvgIpc) is 1.30. The molecule has 5 saturated heterocycles. The number of nitro groups is 1. The molecule has 0 radical (unpaired) electrons. The number of aromatic amines is 2. The van der Waals surface area contributed by atoms with Crippen LogP contribution in [0.4, 0.5) is 23.3 Å². The molecule has 13 rings (SSSR count). The van der Waals surface area contributed by atoms with Crippen LogP contribution in [-0.2, 0) is 78.1 Å². The lowest BCUT2D eigenvalue weighted by Crippen LogP contribution is -2.33. The third-order valence-electron chi connectivity index (χ3n) is 17.1. The Kier molecular flexibility index (Phi) is 20.4. The number of imidazole rings is 2. The number of rotatable bonds is 27.